The van der Waals surface area contributed by atoms with Gasteiger partial charge < -0.3 is 10.1 Å². The van der Waals surface area contributed by atoms with E-state index in [4.69, 9.17) is 16.3 Å². The van der Waals surface area contributed by atoms with Crippen molar-refractivity contribution in [1.82, 2.24) is 0 Å². The van der Waals surface area contributed by atoms with Crippen LogP contribution in [0.25, 0.3) is 0 Å². The molecule has 0 unspecified atom stereocenters. The minimum absolute atomic E-state index is 0.102. The van der Waals surface area contributed by atoms with Crippen LogP contribution in [-0.4, -0.2) is 0 Å². The fourth-order valence-electron chi connectivity index (χ4n) is 2.34. The monoisotopic (exact) mass is 419 g/mol. The van der Waals surface area contributed by atoms with E-state index in [1.165, 1.54) is 6.07 Å². The highest BCUT2D eigenvalue weighted by Crippen LogP contribution is 2.23. The summed E-state index contributed by atoms with van der Waals surface area (Å²) in [6, 6.07) is 20.4. The first-order valence-electron chi connectivity index (χ1n) is 7.76. The predicted molar refractivity (Wildman–Crippen MR) is 104 cm³/mol. The van der Waals surface area contributed by atoms with Crippen molar-refractivity contribution >= 4 is 33.2 Å². The van der Waals surface area contributed by atoms with Crippen molar-refractivity contribution in [1.29, 1.82) is 0 Å². The first-order chi connectivity index (χ1) is 12.1. The van der Waals surface area contributed by atoms with Crippen LogP contribution < -0.4 is 10.1 Å². The summed E-state index contributed by atoms with van der Waals surface area (Å²) >= 11 is 9.24. The zero-order valence-corrected chi connectivity index (χ0v) is 15.6. The third kappa shape index (κ3) is 4.97. The van der Waals surface area contributed by atoms with Gasteiger partial charge in [-0.2, -0.15) is 0 Å². The third-order valence-corrected chi connectivity index (χ3v) is 4.50. The Balaban J connectivity index is 1.65. The number of ether oxygens (including phenoxy) is 1. The molecule has 3 rings (SSSR count). The summed E-state index contributed by atoms with van der Waals surface area (Å²) in [5.74, 6) is 0.386. The second-order valence-electron chi connectivity index (χ2n) is 5.51. The molecule has 0 atom stereocenters. The van der Waals surface area contributed by atoms with Crippen molar-refractivity contribution in [2.45, 2.75) is 13.2 Å². The number of rotatable bonds is 6. The van der Waals surface area contributed by atoms with Gasteiger partial charge >= 0.3 is 0 Å². The molecule has 0 heterocycles. The van der Waals surface area contributed by atoms with Crippen LogP contribution in [0.1, 0.15) is 11.1 Å². The zero-order valence-electron chi connectivity index (χ0n) is 13.3. The lowest BCUT2D eigenvalue weighted by Crippen LogP contribution is -2.03. The first kappa shape index (κ1) is 17.8. The Hall–Kier alpha value is -2.04. The standard InChI is InChI=1S/C20H16BrClFNO/c21-16-7-5-14(6-8-16)13-25-20-4-2-1-3-15(20)12-24-17-9-10-19(23)18(22)11-17/h1-11,24H,12-13H2. The molecule has 3 aromatic rings. The van der Waals surface area contributed by atoms with E-state index < -0.39 is 5.82 Å². The van der Waals surface area contributed by atoms with Crippen molar-refractivity contribution in [2.24, 2.45) is 0 Å². The lowest BCUT2D eigenvalue weighted by molar-refractivity contribution is 0.303. The number of nitrogens with one attached hydrogen (secondary N) is 1. The van der Waals surface area contributed by atoms with E-state index in [2.05, 4.69) is 21.2 Å². The maximum atomic E-state index is 13.2. The van der Waals surface area contributed by atoms with Crippen LogP contribution in [0.2, 0.25) is 5.02 Å². The van der Waals surface area contributed by atoms with Gasteiger partial charge in [0.05, 0.1) is 5.02 Å². The number of benzene rings is 3. The Morgan fingerprint density at radius 3 is 2.52 bits per heavy atom. The summed E-state index contributed by atoms with van der Waals surface area (Å²) in [7, 11) is 0. The van der Waals surface area contributed by atoms with Crippen LogP contribution in [0.15, 0.2) is 71.2 Å². The Morgan fingerprint density at radius 2 is 1.76 bits per heavy atom. The highest BCUT2D eigenvalue weighted by molar-refractivity contribution is 9.10. The van der Waals surface area contributed by atoms with E-state index in [0.29, 0.717) is 13.2 Å². The van der Waals surface area contributed by atoms with Crippen molar-refractivity contribution in [3.05, 3.63) is 93.2 Å². The molecule has 3 aromatic carbocycles. The molecule has 25 heavy (non-hydrogen) atoms. The average molecular weight is 421 g/mol. The van der Waals surface area contributed by atoms with Gasteiger partial charge in [0, 0.05) is 22.3 Å². The molecule has 0 radical (unpaired) electrons. The molecule has 0 aliphatic carbocycles. The maximum Gasteiger partial charge on any atom is 0.141 e. The lowest BCUT2D eigenvalue weighted by atomic mass is 10.2. The number of para-hydroxylation sites is 1. The molecule has 1 N–H and O–H groups in total. The molecule has 5 heteroatoms. The SMILES string of the molecule is Fc1ccc(NCc2ccccc2OCc2ccc(Br)cc2)cc1Cl. The average Bonchev–Trinajstić information content (AvgIpc) is 2.63. The topological polar surface area (TPSA) is 21.3 Å². The van der Waals surface area contributed by atoms with Crippen molar-refractivity contribution in [3.8, 4) is 5.75 Å². The van der Waals surface area contributed by atoms with E-state index in [0.717, 1.165) is 27.0 Å². The van der Waals surface area contributed by atoms with E-state index in [1.54, 1.807) is 12.1 Å². The molecule has 0 aromatic heterocycles. The van der Waals surface area contributed by atoms with Gasteiger partial charge in [0.25, 0.3) is 0 Å². The summed E-state index contributed by atoms with van der Waals surface area (Å²) in [6.07, 6.45) is 0. The Kier molecular flexibility index (Phi) is 5.95. The van der Waals surface area contributed by atoms with Gasteiger partial charge in [-0.25, -0.2) is 4.39 Å². The number of anilines is 1. The second-order valence-corrected chi connectivity index (χ2v) is 6.83. The van der Waals surface area contributed by atoms with Gasteiger partial charge in [-0.1, -0.05) is 57.9 Å². The maximum absolute atomic E-state index is 13.2. The summed E-state index contributed by atoms with van der Waals surface area (Å²) in [5.41, 5.74) is 2.87. The molecule has 0 amide bonds. The van der Waals surface area contributed by atoms with E-state index in [9.17, 15) is 4.39 Å². The molecule has 0 spiro atoms. The van der Waals surface area contributed by atoms with Gasteiger partial charge in [-0.3, -0.25) is 0 Å². The molecule has 0 aliphatic heterocycles. The van der Waals surface area contributed by atoms with Gasteiger partial charge in [-0.15, -0.1) is 0 Å². The summed E-state index contributed by atoms with van der Waals surface area (Å²) in [4.78, 5) is 0. The molecular weight excluding hydrogens is 405 g/mol. The molecule has 128 valence electrons. The largest absolute Gasteiger partial charge is 0.489 e. The molecular formula is C20H16BrClFNO. The van der Waals surface area contributed by atoms with Crippen LogP contribution in [0.4, 0.5) is 10.1 Å². The zero-order chi connectivity index (χ0) is 17.6. The normalized spacial score (nSPS) is 10.5. The highest BCUT2D eigenvalue weighted by atomic mass is 79.9. The molecule has 0 saturated carbocycles. The van der Waals surface area contributed by atoms with E-state index >= 15 is 0 Å². The number of hydrogen-bond acceptors (Lipinski definition) is 2. The quantitative estimate of drug-likeness (QED) is 0.496. The Bertz CT molecular complexity index is 855. The summed E-state index contributed by atoms with van der Waals surface area (Å²) in [6.45, 7) is 1.05. The Morgan fingerprint density at radius 1 is 1.00 bits per heavy atom. The molecule has 2 nitrogen and oxygen atoms in total. The van der Waals surface area contributed by atoms with Crippen LogP contribution in [-0.2, 0) is 13.2 Å². The fraction of sp³-hybridized carbons (Fsp3) is 0.100. The smallest absolute Gasteiger partial charge is 0.141 e. The second kappa shape index (κ2) is 8.37. The molecule has 0 bridgehead atoms. The molecule has 0 saturated heterocycles. The summed E-state index contributed by atoms with van der Waals surface area (Å²) < 4.78 is 20.2. The van der Waals surface area contributed by atoms with Gasteiger partial charge in [0.2, 0.25) is 0 Å². The Labute approximate surface area is 159 Å². The number of halogens is 3. The van der Waals surface area contributed by atoms with Crippen molar-refractivity contribution in [3.63, 3.8) is 0 Å². The van der Waals surface area contributed by atoms with Crippen LogP contribution in [0.3, 0.4) is 0 Å². The number of hydrogen-bond donors (Lipinski definition) is 1. The van der Waals surface area contributed by atoms with Gasteiger partial charge in [0.1, 0.15) is 18.2 Å². The van der Waals surface area contributed by atoms with Gasteiger partial charge in [0.15, 0.2) is 0 Å². The van der Waals surface area contributed by atoms with Gasteiger partial charge in [-0.05, 0) is 42.0 Å². The van der Waals surface area contributed by atoms with Crippen LogP contribution in [0.5, 0.6) is 5.75 Å². The molecule has 0 aliphatic rings. The summed E-state index contributed by atoms with van der Waals surface area (Å²) in [5, 5.41) is 3.34. The van der Waals surface area contributed by atoms with E-state index in [-0.39, 0.29) is 5.02 Å². The van der Waals surface area contributed by atoms with Crippen LogP contribution >= 0.6 is 27.5 Å². The first-order valence-corrected chi connectivity index (χ1v) is 8.93. The predicted octanol–water partition coefficient (Wildman–Crippen LogP) is 6.43. The minimum atomic E-state index is -0.426. The third-order valence-electron chi connectivity index (χ3n) is 3.68. The molecule has 0 fully saturated rings. The fourth-order valence-corrected chi connectivity index (χ4v) is 2.78. The highest BCUT2D eigenvalue weighted by Gasteiger charge is 2.05. The van der Waals surface area contributed by atoms with Crippen molar-refractivity contribution < 1.29 is 9.13 Å². The minimum Gasteiger partial charge on any atom is -0.489 e. The van der Waals surface area contributed by atoms with E-state index in [1.807, 2.05) is 48.5 Å². The van der Waals surface area contributed by atoms with Crippen LogP contribution in [0, 0.1) is 5.82 Å². The van der Waals surface area contributed by atoms with Crippen molar-refractivity contribution in [2.75, 3.05) is 5.32 Å². The lowest BCUT2D eigenvalue weighted by Gasteiger charge is -2.13.